The van der Waals surface area contributed by atoms with Crippen LogP contribution in [0.4, 0.5) is 0 Å². The molecular weight excluding hydrogens is 234 g/mol. The molecule has 17 heavy (non-hydrogen) atoms. The fraction of sp³-hybridized carbons (Fsp3) is 0.462. The Morgan fingerprint density at radius 1 is 1.59 bits per heavy atom. The first-order valence-electron chi connectivity index (χ1n) is 5.81. The van der Waals surface area contributed by atoms with Gasteiger partial charge in [-0.15, -0.1) is 11.3 Å². The van der Waals surface area contributed by atoms with Crippen molar-refractivity contribution < 1.29 is 9.90 Å². The van der Waals surface area contributed by atoms with E-state index < -0.39 is 0 Å². The number of amides is 1. The van der Waals surface area contributed by atoms with Gasteiger partial charge < -0.3 is 10.4 Å². The smallest absolute Gasteiger partial charge is 0.244 e. The minimum absolute atomic E-state index is 0.0576. The predicted molar refractivity (Wildman–Crippen MR) is 72.0 cm³/mol. The van der Waals surface area contributed by atoms with E-state index in [-0.39, 0.29) is 18.6 Å². The van der Waals surface area contributed by atoms with E-state index in [9.17, 15) is 4.79 Å². The molecule has 0 aliphatic carbocycles. The number of carbonyl (C=O) groups is 1. The SMILES string of the molecule is CCC(CCO)NC(=O)/C=C/c1ccc(C)s1. The number of aliphatic hydroxyl groups is 1. The summed E-state index contributed by atoms with van der Waals surface area (Å²) in [7, 11) is 0. The van der Waals surface area contributed by atoms with Crippen LogP contribution in [0, 0.1) is 6.92 Å². The second-order valence-electron chi connectivity index (χ2n) is 3.91. The molecule has 0 radical (unpaired) electrons. The maximum atomic E-state index is 11.6. The Labute approximate surface area is 106 Å². The third-order valence-corrected chi connectivity index (χ3v) is 3.44. The van der Waals surface area contributed by atoms with Crippen LogP contribution in [0.2, 0.25) is 0 Å². The predicted octanol–water partition coefficient (Wildman–Crippen LogP) is 2.35. The van der Waals surface area contributed by atoms with Crippen molar-refractivity contribution in [2.24, 2.45) is 0 Å². The molecule has 1 aromatic heterocycles. The van der Waals surface area contributed by atoms with Crippen LogP contribution in [-0.4, -0.2) is 23.7 Å². The van der Waals surface area contributed by atoms with E-state index in [1.807, 2.05) is 32.1 Å². The van der Waals surface area contributed by atoms with Crippen molar-refractivity contribution in [3.63, 3.8) is 0 Å². The average molecular weight is 253 g/mol. The summed E-state index contributed by atoms with van der Waals surface area (Å²) in [4.78, 5) is 13.9. The molecule has 4 heteroatoms. The minimum atomic E-state index is -0.101. The molecule has 0 aliphatic heterocycles. The molecule has 1 amide bonds. The maximum absolute atomic E-state index is 11.6. The lowest BCUT2D eigenvalue weighted by atomic mass is 10.1. The van der Waals surface area contributed by atoms with Gasteiger partial charge in [0.25, 0.3) is 0 Å². The number of aryl methyl sites for hydroxylation is 1. The van der Waals surface area contributed by atoms with Gasteiger partial charge in [-0.25, -0.2) is 0 Å². The molecule has 0 saturated carbocycles. The van der Waals surface area contributed by atoms with Gasteiger partial charge in [-0.1, -0.05) is 6.92 Å². The summed E-state index contributed by atoms with van der Waals surface area (Å²) in [6.07, 6.45) is 4.80. The molecular formula is C13H19NO2S. The molecule has 0 saturated heterocycles. The van der Waals surface area contributed by atoms with Gasteiger partial charge in [0.05, 0.1) is 0 Å². The molecule has 94 valence electrons. The molecule has 2 N–H and O–H groups in total. The van der Waals surface area contributed by atoms with Crippen molar-refractivity contribution in [3.8, 4) is 0 Å². The second kappa shape index (κ2) is 7.25. The van der Waals surface area contributed by atoms with E-state index in [0.717, 1.165) is 11.3 Å². The minimum Gasteiger partial charge on any atom is -0.396 e. The first-order valence-corrected chi connectivity index (χ1v) is 6.63. The zero-order valence-corrected chi connectivity index (χ0v) is 11.1. The second-order valence-corrected chi connectivity index (χ2v) is 5.23. The first-order chi connectivity index (χ1) is 8.15. The first kappa shape index (κ1) is 13.9. The Balaban J connectivity index is 2.45. The third-order valence-electron chi connectivity index (χ3n) is 2.48. The van der Waals surface area contributed by atoms with Crippen LogP contribution in [0.15, 0.2) is 18.2 Å². The number of thiophene rings is 1. The lowest BCUT2D eigenvalue weighted by Crippen LogP contribution is -2.33. The van der Waals surface area contributed by atoms with Gasteiger partial charge in [0.1, 0.15) is 0 Å². The number of nitrogens with one attached hydrogen (secondary N) is 1. The fourth-order valence-corrected chi connectivity index (χ4v) is 2.26. The van der Waals surface area contributed by atoms with E-state index >= 15 is 0 Å². The molecule has 1 aromatic rings. The van der Waals surface area contributed by atoms with Crippen LogP contribution in [0.1, 0.15) is 29.5 Å². The fourth-order valence-electron chi connectivity index (χ4n) is 1.48. The van der Waals surface area contributed by atoms with Crippen LogP contribution in [-0.2, 0) is 4.79 Å². The zero-order valence-electron chi connectivity index (χ0n) is 10.3. The summed E-state index contributed by atoms with van der Waals surface area (Å²) >= 11 is 1.66. The topological polar surface area (TPSA) is 49.3 Å². The summed E-state index contributed by atoms with van der Waals surface area (Å²) in [5.74, 6) is -0.101. The highest BCUT2D eigenvalue weighted by atomic mass is 32.1. The number of aliphatic hydroxyl groups excluding tert-OH is 1. The molecule has 0 fully saturated rings. The van der Waals surface area contributed by atoms with E-state index in [2.05, 4.69) is 5.32 Å². The number of rotatable bonds is 6. The third kappa shape index (κ3) is 5.15. The van der Waals surface area contributed by atoms with Crippen molar-refractivity contribution in [1.29, 1.82) is 0 Å². The number of hydrogen-bond acceptors (Lipinski definition) is 3. The van der Waals surface area contributed by atoms with Crippen LogP contribution >= 0.6 is 11.3 Å². The Morgan fingerprint density at radius 3 is 2.88 bits per heavy atom. The Hall–Kier alpha value is -1.13. The summed E-state index contributed by atoms with van der Waals surface area (Å²) in [6.45, 7) is 4.13. The molecule has 1 unspecified atom stereocenters. The van der Waals surface area contributed by atoms with Crippen molar-refractivity contribution in [2.45, 2.75) is 32.7 Å². The highest BCUT2D eigenvalue weighted by Crippen LogP contribution is 2.16. The van der Waals surface area contributed by atoms with Crippen molar-refractivity contribution >= 4 is 23.3 Å². The van der Waals surface area contributed by atoms with Gasteiger partial charge in [0.15, 0.2) is 0 Å². The van der Waals surface area contributed by atoms with Crippen LogP contribution in [0.3, 0.4) is 0 Å². The molecule has 0 bridgehead atoms. The van der Waals surface area contributed by atoms with Gasteiger partial charge >= 0.3 is 0 Å². The van der Waals surface area contributed by atoms with E-state index in [1.165, 1.54) is 4.88 Å². The standard InChI is InChI=1S/C13H19NO2S/c1-3-11(8-9-15)14-13(16)7-6-12-5-4-10(2)17-12/h4-7,11,15H,3,8-9H2,1-2H3,(H,14,16)/b7-6+. The lowest BCUT2D eigenvalue weighted by Gasteiger charge is -2.13. The largest absolute Gasteiger partial charge is 0.396 e. The van der Waals surface area contributed by atoms with E-state index in [0.29, 0.717) is 6.42 Å². The van der Waals surface area contributed by atoms with Gasteiger partial charge in [-0.3, -0.25) is 4.79 Å². The van der Waals surface area contributed by atoms with Crippen molar-refractivity contribution in [1.82, 2.24) is 5.32 Å². The molecule has 1 heterocycles. The van der Waals surface area contributed by atoms with Gasteiger partial charge in [-0.2, -0.15) is 0 Å². The number of carbonyl (C=O) groups excluding carboxylic acids is 1. The summed E-state index contributed by atoms with van der Waals surface area (Å²) in [5, 5.41) is 11.7. The maximum Gasteiger partial charge on any atom is 0.244 e. The van der Waals surface area contributed by atoms with Crippen molar-refractivity contribution in [2.75, 3.05) is 6.61 Å². The van der Waals surface area contributed by atoms with E-state index in [1.54, 1.807) is 17.4 Å². The number of hydrogen-bond donors (Lipinski definition) is 2. The molecule has 1 rings (SSSR count). The quantitative estimate of drug-likeness (QED) is 0.765. The van der Waals surface area contributed by atoms with Crippen LogP contribution in [0.5, 0.6) is 0 Å². The molecule has 3 nitrogen and oxygen atoms in total. The summed E-state index contributed by atoms with van der Waals surface area (Å²) in [5.41, 5.74) is 0. The summed E-state index contributed by atoms with van der Waals surface area (Å²) in [6, 6.07) is 4.08. The highest BCUT2D eigenvalue weighted by molar-refractivity contribution is 7.12. The average Bonchev–Trinajstić information content (AvgIpc) is 2.72. The van der Waals surface area contributed by atoms with Crippen molar-refractivity contribution in [3.05, 3.63) is 28.0 Å². The Kier molecular flexibility index (Phi) is 5.94. The molecule has 0 spiro atoms. The lowest BCUT2D eigenvalue weighted by molar-refractivity contribution is -0.117. The normalized spacial score (nSPS) is 12.9. The monoisotopic (exact) mass is 253 g/mol. The molecule has 1 atom stereocenters. The molecule has 0 aromatic carbocycles. The van der Waals surface area contributed by atoms with Crippen LogP contribution < -0.4 is 5.32 Å². The molecule has 0 aliphatic rings. The van der Waals surface area contributed by atoms with Crippen LogP contribution in [0.25, 0.3) is 6.08 Å². The summed E-state index contributed by atoms with van der Waals surface area (Å²) < 4.78 is 0. The van der Waals surface area contributed by atoms with E-state index in [4.69, 9.17) is 5.11 Å². The Bertz CT molecular complexity index is 385. The Morgan fingerprint density at radius 2 is 2.35 bits per heavy atom. The van der Waals surface area contributed by atoms with Gasteiger partial charge in [-0.05, 0) is 38.0 Å². The zero-order chi connectivity index (χ0) is 12.7. The van der Waals surface area contributed by atoms with Gasteiger partial charge in [0, 0.05) is 28.5 Å². The highest BCUT2D eigenvalue weighted by Gasteiger charge is 2.07. The van der Waals surface area contributed by atoms with Gasteiger partial charge in [0.2, 0.25) is 5.91 Å².